The summed E-state index contributed by atoms with van der Waals surface area (Å²) < 4.78 is 32.4. The molecule has 0 aliphatic rings. The van der Waals surface area contributed by atoms with Crippen LogP contribution < -0.4 is 4.74 Å². The lowest BCUT2D eigenvalue weighted by atomic mass is 10.1. The molecule has 0 saturated heterocycles. The zero-order valence-electron chi connectivity index (χ0n) is 13.1. The monoisotopic (exact) mass is 340 g/mol. The van der Waals surface area contributed by atoms with Gasteiger partial charge in [0.2, 0.25) is 0 Å². The SMILES string of the molecule is O=C(O)c1cccc(COc2ccc(-c3ccc(F)cc3F)cc2)c1. The molecule has 0 heterocycles. The Balaban J connectivity index is 1.71. The molecule has 0 aliphatic carbocycles. The Morgan fingerprint density at radius 1 is 0.960 bits per heavy atom. The van der Waals surface area contributed by atoms with E-state index in [1.807, 2.05) is 0 Å². The van der Waals surface area contributed by atoms with Gasteiger partial charge in [-0.2, -0.15) is 0 Å². The fourth-order valence-electron chi connectivity index (χ4n) is 2.42. The van der Waals surface area contributed by atoms with Gasteiger partial charge < -0.3 is 9.84 Å². The maximum atomic E-state index is 13.8. The zero-order chi connectivity index (χ0) is 17.8. The second kappa shape index (κ2) is 7.13. The van der Waals surface area contributed by atoms with E-state index in [4.69, 9.17) is 9.84 Å². The molecule has 126 valence electrons. The molecule has 0 radical (unpaired) electrons. The van der Waals surface area contributed by atoms with E-state index in [0.717, 1.165) is 11.6 Å². The number of hydrogen-bond donors (Lipinski definition) is 1. The Morgan fingerprint density at radius 3 is 2.40 bits per heavy atom. The normalized spacial score (nSPS) is 10.5. The first-order chi connectivity index (χ1) is 12.0. The lowest BCUT2D eigenvalue weighted by Crippen LogP contribution is -2.00. The molecule has 0 fully saturated rings. The highest BCUT2D eigenvalue weighted by molar-refractivity contribution is 5.87. The quantitative estimate of drug-likeness (QED) is 0.718. The van der Waals surface area contributed by atoms with Crippen molar-refractivity contribution in [3.63, 3.8) is 0 Å². The van der Waals surface area contributed by atoms with Gasteiger partial charge in [-0.05, 0) is 47.5 Å². The minimum absolute atomic E-state index is 0.197. The van der Waals surface area contributed by atoms with Crippen molar-refractivity contribution in [3.05, 3.63) is 89.5 Å². The van der Waals surface area contributed by atoms with Gasteiger partial charge in [0.1, 0.15) is 24.0 Å². The Hall–Kier alpha value is -3.21. The number of rotatable bonds is 5. The van der Waals surface area contributed by atoms with E-state index in [1.165, 1.54) is 18.2 Å². The molecule has 0 saturated carbocycles. The van der Waals surface area contributed by atoms with Crippen LogP contribution in [0.5, 0.6) is 5.75 Å². The van der Waals surface area contributed by atoms with Crippen molar-refractivity contribution in [2.75, 3.05) is 0 Å². The molecule has 5 heteroatoms. The number of aromatic carboxylic acids is 1. The number of carboxylic acid groups (broad SMARTS) is 1. The first kappa shape index (κ1) is 16.6. The van der Waals surface area contributed by atoms with E-state index in [1.54, 1.807) is 42.5 Å². The lowest BCUT2D eigenvalue weighted by Gasteiger charge is -2.09. The number of hydrogen-bond acceptors (Lipinski definition) is 2. The number of ether oxygens (including phenoxy) is 1. The Bertz CT molecular complexity index is 905. The third kappa shape index (κ3) is 4.01. The maximum Gasteiger partial charge on any atom is 0.335 e. The third-order valence-electron chi connectivity index (χ3n) is 3.68. The van der Waals surface area contributed by atoms with Crippen LogP contribution in [0.3, 0.4) is 0 Å². The van der Waals surface area contributed by atoms with Crippen LogP contribution in [0.15, 0.2) is 66.7 Å². The highest BCUT2D eigenvalue weighted by Gasteiger charge is 2.07. The number of benzene rings is 3. The number of carboxylic acids is 1. The van der Waals surface area contributed by atoms with Crippen LogP contribution in [0.1, 0.15) is 15.9 Å². The molecule has 1 N–H and O–H groups in total. The maximum absolute atomic E-state index is 13.8. The van der Waals surface area contributed by atoms with Gasteiger partial charge in [-0.15, -0.1) is 0 Å². The van der Waals surface area contributed by atoms with Crippen molar-refractivity contribution in [2.24, 2.45) is 0 Å². The van der Waals surface area contributed by atoms with Gasteiger partial charge in [0.05, 0.1) is 5.56 Å². The van der Waals surface area contributed by atoms with Crippen molar-refractivity contribution in [1.82, 2.24) is 0 Å². The largest absolute Gasteiger partial charge is 0.489 e. The highest BCUT2D eigenvalue weighted by atomic mass is 19.1. The molecule has 3 rings (SSSR count). The molecule has 0 amide bonds. The molecular formula is C20H14F2O3. The summed E-state index contributed by atoms with van der Waals surface area (Å²) in [6.07, 6.45) is 0. The molecule has 3 aromatic rings. The number of carbonyl (C=O) groups is 1. The molecule has 3 nitrogen and oxygen atoms in total. The fourth-order valence-corrected chi connectivity index (χ4v) is 2.42. The molecule has 0 aliphatic heterocycles. The molecule has 25 heavy (non-hydrogen) atoms. The summed E-state index contributed by atoms with van der Waals surface area (Å²) in [4.78, 5) is 11.0. The van der Waals surface area contributed by atoms with Gasteiger partial charge in [0.25, 0.3) is 0 Å². The van der Waals surface area contributed by atoms with Crippen molar-refractivity contribution in [1.29, 1.82) is 0 Å². The average Bonchev–Trinajstić information content (AvgIpc) is 2.61. The average molecular weight is 340 g/mol. The van der Waals surface area contributed by atoms with Crippen LogP contribution in [0.4, 0.5) is 8.78 Å². The van der Waals surface area contributed by atoms with Crippen LogP contribution in [-0.4, -0.2) is 11.1 Å². The summed E-state index contributed by atoms with van der Waals surface area (Å²) in [5.41, 5.74) is 1.84. The summed E-state index contributed by atoms with van der Waals surface area (Å²) >= 11 is 0. The summed E-state index contributed by atoms with van der Waals surface area (Å²) in [7, 11) is 0. The second-order valence-corrected chi connectivity index (χ2v) is 5.44. The summed E-state index contributed by atoms with van der Waals surface area (Å²) in [5, 5.41) is 8.98. The number of halogens is 2. The summed E-state index contributed by atoms with van der Waals surface area (Å²) in [6.45, 7) is 0.214. The van der Waals surface area contributed by atoms with Crippen molar-refractivity contribution < 1.29 is 23.4 Å². The first-order valence-corrected chi connectivity index (χ1v) is 7.53. The van der Waals surface area contributed by atoms with Gasteiger partial charge in [0.15, 0.2) is 0 Å². The zero-order valence-corrected chi connectivity index (χ0v) is 13.1. The van der Waals surface area contributed by atoms with Gasteiger partial charge in [-0.1, -0.05) is 24.3 Å². The fraction of sp³-hybridized carbons (Fsp3) is 0.0500. The van der Waals surface area contributed by atoms with Gasteiger partial charge in [-0.25, -0.2) is 13.6 Å². The molecule has 3 aromatic carbocycles. The van der Waals surface area contributed by atoms with E-state index < -0.39 is 17.6 Å². The predicted octanol–water partition coefficient (Wildman–Crippen LogP) is 4.91. The highest BCUT2D eigenvalue weighted by Crippen LogP contribution is 2.26. The lowest BCUT2D eigenvalue weighted by molar-refractivity contribution is 0.0696. The van der Waals surface area contributed by atoms with Gasteiger partial charge >= 0.3 is 5.97 Å². The standard InChI is InChI=1S/C20H14F2O3/c21-16-6-9-18(19(22)11-16)14-4-7-17(8-5-14)25-12-13-2-1-3-15(10-13)20(23)24/h1-11H,12H2,(H,23,24). The molecule has 0 bridgehead atoms. The second-order valence-electron chi connectivity index (χ2n) is 5.44. The van der Waals surface area contributed by atoms with E-state index in [0.29, 0.717) is 16.9 Å². The molecule has 0 atom stereocenters. The Morgan fingerprint density at radius 2 is 1.72 bits per heavy atom. The Kier molecular flexibility index (Phi) is 4.75. The van der Waals surface area contributed by atoms with Gasteiger partial charge in [-0.3, -0.25) is 0 Å². The molecule has 0 spiro atoms. The molecule has 0 unspecified atom stereocenters. The molecule has 0 aromatic heterocycles. The van der Waals surface area contributed by atoms with Gasteiger partial charge in [0, 0.05) is 11.6 Å². The van der Waals surface area contributed by atoms with Crippen LogP contribution in [0.25, 0.3) is 11.1 Å². The van der Waals surface area contributed by atoms with E-state index in [2.05, 4.69) is 0 Å². The molecular weight excluding hydrogens is 326 g/mol. The topological polar surface area (TPSA) is 46.5 Å². The Labute approximate surface area is 143 Å². The van der Waals surface area contributed by atoms with E-state index in [-0.39, 0.29) is 12.2 Å². The minimum atomic E-state index is -0.993. The smallest absolute Gasteiger partial charge is 0.335 e. The summed E-state index contributed by atoms with van der Waals surface area (Å²) in [5.74, 6) is -1.68. The van der Waals surface area contributed by atoms with E-state index >= 15 is 0 Å². The summed E-state index contributed by atoms with van der Waals surface area (Å²) in [6, 6.07) is 16.6. The van der Waals surface area contributed by atoms with Crippen molar-refractivity contribution >= 4 is 5.97 Å². The van der Waals surface area contributed by atoms with Crippen molar-refractivity contribution in [3.8, 4) is 16.9 Å². The van der Waals surface area contributed by atoms with Crippen LogP contribution >= 0.6 is 0 Å². The van der Waals surface area contributed by atoms with Crippen LogP contribution in [0.2, 0.25) is 0 Å². The predicted molar refractivity (Wildman–Crippen MR) is 89.5 cm³/mol. The van der Waals surface area contributed by atoms with Crippen LogP contribution in [-0.2, 0) is 6.61 Å². The van der Waals surface area contributed by atoms with E-state index in [9.17, 15) is 13.6 Å². The third-order valence-corrected chi connectivity index (χ3v) is 3.68. The minimum Gasteiger partial charge on any atom is -0.489 e. The van der Waals surface area contributed by atoms with Crippen LogP contribution in [0, 0.1) is 11.6 Å². The van der Waals surface area contributed by atoms with Crippen molar-refractivity contribution in [2.45, 2.75) is 6.61 Å². The first-order valence-electron chi connectivity index (χ1n) is 7.53.